The molecule has 6 nitrogen and oxygen atoms in total. The van der Waals surface area contributed by atoms with E-state index in [4.69, 9.17) is 14.2 Å². The number of ether oxygens (including phenoxy) is 3. The van der Waals surface area contributed by atoms with Crippen molar-refractivity contribution in [2.45, 2.75) is 245 Å². The van der Waals surface area contributed by atoms with Crippen molar-refractivity contribution >= 4 is 17.9 Å². The van der Waals surface area contributed by atoms with Crippen LogP contribution in [0.3, 0.4) is 0 Å². The second-order valence-corrected chi connectivity index (χ2v) is 17.0. The minimum absolute atomic E-state index is 0.0881. The number of esters is 3. The summed E-state index contributed by atoms with van der Waals surface area (Å²) in [5, 5.41) is 0. The van der Waals surface area contributed by atoms with Gasteiger partial charge in [0, 0.05) is 19.3 Å². The van der Waals surface area contributed by atoms with E-state index < -0.39 is 6.10 Å². The van der Waals surface area contributed by atoms with E-state index in [0.717, 1.165) is 109 Å². The minimum atomic E-state index is -0.788. The lowest BCUT2D eigenvalue weighted by Gasteiger charge is -2.18. The van der Waals surface area contributed by atoms with Crippen molar-refractivity contribution in [3.8, 4) is 0 Å². The number of hydrogen-bond acceptors (Lipinski definition) is 6. The molecule has 0 fully saturated rings. The molecule has 0 N–H and O–H groups in total. The lowest BCUT2D eigenvalue weighted by molar-refractivity contribution is -0.167. The maximum atomic E-state index is 12.7. The molecule has 0 aromatic heterocycles. The molecule has 0 aliphatic carbocycles. The zero-order chi connectivity index (χ0) is 45.8. The summed E-state index contributed by atoms with van der Waals surface area (Å²) in [6, 6.07) is 0. The maximum Gasteiger partial charge on any atom is 0.306 e. The normalized spacial score (nSPS) is 12.7. The molecule has 360 valence electrons. The Morgan fingerprint density at radius 1 is 0.333 bits per heavy atom. The summed E-state index contributed by atoms with van der Waals surface area (Å²) < 4.78 is 16.7. The molecular weight excluding hydrogens is 781 g/mol. The van der Waals surface area contributed by atoms with Crippen molar-refractivity contribution in [3.05, 3.63) is 85.1 Å². The SMILES string of the molecule is CC/C=C\C/C=C\C/C=C\C/C=C\CCCCCCCCCCCCCCC(=O)OCC(COC(=O)CCCCCCCCC)OC(=O)CCCCC/C=C\C/C=C\C/C=C\CC. The lowest BCUT2D eigenvalue weighted by Crippen LogP contribution is -2.30. The summed E-state index contributed by atoms with van der Waals surface area (Å²) in [6.45, 7) is 6.34. The molecule has 63 heavy (non-hydrogen) atoms. The van der Waals surface area contributed by atoms with E-state index in [2.05, 4.69) is 106 Å². The van der Waals surface area contributed by atoms with Crippen LogP contribution in [-0.2, 0) is 28.6 Å². The van der Waals surface area contributed by atoms with Crippen molar-refractivity contribution in [2.75, 3.05) is 13.2 Å². The topological polar surface area (TPSA) is 78.9 Å². The number of allylic oxidation sites excluding steroid dienone is 14. The Morgan fingerprint density at radius 2 is 0.619 bits per heavy atom. The monoisotopic (exact) mass is 877 g/mol. The molecule has 1 atom stereocenters. The molecule has 0 spiro atoms. The van der Waals surface area contributed by atoms with Gasteiger partial charge in [-0.1, -0.05) is 215 Å². The second-order valence-electron chi connectivity index (χ2n) is 17.0. The number of carbonyl (C=O) groups is 3. The van der Waals surface area contributed by atoms with Crippen LogP contribution in [0.2, 0.25) is 0 Å². The van der Waals surface area contributed by atoms with Crippen LogP contribution in [0.1, 0.15) is 239 Å². The zero-order valence-electron chi connectivity index (χ0n) is 41.1. The van der Waals surface area contributed by atoms with Crippen LogP contribution in [0.25, 0.3) is 0 Å². The molecule has 0 saturated carbocycles. The molecular formula is C57H96O6. The molecule has 1 unspecified atom stereocenters. The van der Waals surface area contributed by atoms with E-state index in [-0.39, 0.29) is 31.1 Å². The smallest absolute Gasteiger partial charge is 0.306 e. The van der Waals surface area contributed by atoms with Gasteiger partial charge in [0.25, 0.3) is 0 Å². The van der Waals surface area contributed by atoms with Crippen LogP contribution in [-0.4, -0.2) is 37.2 Å². The highest BCUT2D eigenvalue weighted by molar-refractivity contribution is 5.71. The first kappa shape index (κ1) is 59.6. The number of rotatable bonds is 46. The fourth-order valence-electron chi connectivity index (χ4n) is 7.04. The van der Waals surface area contributed by atoms with Crippen LogP contribution in [0.4, 0.5) is 0 Å². The van der Waals surface area contributed by atoms with E-state index in [0.29, 0.717) is 19.3 Å². The molecule has 0 bridgehead atoms. The minimum Gasteiger partial charge on any atom is -0.462 e. The first-order chi connectivity index (χ1) is 31.0. The Labute approximate surface area is 388 Å². The Balaban J connectivity index is 4.18. The molecule has 0 heterocycles. The van der Waals surface area contributed by atoms with Gasteiger partial charge >= 0.3 is 17.9 Å². The van der Waals surface area contributed by atoms with Crippen molar-refractivity contribution in [2.24, 2.45) is 0 Å². The molecule has 0 aromatic carbocycles. The van der Waals surface area contributed by atoms with Crippen molar-refractivity contribution in [1.82, 2.24) is 0 Å². The van der Waals surface area contributed by atoms with Crippen LogP contribution >= 0.6 is 0 Å². The first-order valence-corrected chi connectivity index (χ1v) is 26.1. The number of hydrogen-bond donors (Lipinski definition) is 0. The predicted octanol–water partition coefficient (Wildman–Crippen LogP) is 17.2. The van der Waals surface area contributed by atoms with Gasteiger partial charge in [-0.2, -0.15) is 0 Å². The quantitative estimate of drug-likeness (QED) is 0.0262. The standard InChI is InChI=1S/C57H96O6/c1-4-7-10-13-16-18-20-22-23-24-25-26-27-28-29-30-31-32-33-35-36-38-41-44-47-50-56(59)62-53-54(52-61-55(58)49-46-43-40-15-12-9-6-3)63-57(60)51-48-45-42-39-37-34-21-19-17-14-11-8-5-2/h7-8,10-11,16-19,22-23,25-26,34,37,54H,4-6,9,12-15,20-21,24,27-33,35-36,38-53H2,1-3H3/b10-7-,11-8-,18-16-,19-17-,23-22-,26-25-,37-34-. The van der Waals surface area contributed by atoms with Gasteiger partial charge in [0.15, 0.2) is 6.10 Å². The fourth-order valence-corrected chi connectivity index (χ4v) is 7.04. The molecule has 0 aliphatic rings. The summed E-state index contributed by atoms with van der Waals surface area (Å²) in [4.78, 5) is 37.8. The maximum absolute atomic E-state index is 12.7. The highest BCUT2D eigenvalue weighted by Crippen LogP contribution is 2.15. The third-order valence-electron chi connectivity index (χ3n) is 10.9. The molecule has 0 rings (SSSR count). The summed E-state index contributed by atoms with van der Waals surface area (Å²) in [6.07, 6.45) is 66.0. The van der Waals surface area contributed by atoms with Gasteiger partial charge in [0.1, 0.15) is 13.2 Å². The third kappa shape index (κ3) is 49.5. The van der Waals surface area contributed by atoms with Gasteiger partial charge in [-0.15, -0.1) is 0 Å². The zero-order valence-corrected chi connectivity index (χ0v) is 41.1. The number of unbranched alkanes of at least 4 members (excludes halogenated alkanes) is 21. The van der Waals surface area contributed by atoms with E-state index in [1.54, 1.807) is 0 Å². The molecule has 0 aliphatic heterocycles. The van der Waals surface area contributed by atoms with E-state index >= 15 is 0 Å². The van der Waals surface area contributed by atoms with Gasteiger partial charge in [-0.05, 0) is 89.9 Å². The first-order valence-electron chi connectivity index (χ1n) is 26.1. The summed E-state index contributed by atoms with van der Waals surface area (Å²) in [7, 11) is 0. The Bertz CT molecular complexity index is 1240. The average Bonchev–Trinajstić information content (AvgIpc) is 3.28. The highest BCUT2D eigenvalue weighted by atomic mass is 16.6. The second kappa shape index (κ2) is 51.2. The van der Waals surface area contributed by atoms with Gasteiger partial charge < -0.3 is 14.2 Å². The Morgan fingerprint density at radius 3 is 0.984 bits per heavy atom. The summed E-state index contributed by atoms with van der Waals surface area (Å²) in [5.74, 6) is -0.928. The number of carbonyl (C=O) groups excluding carboxylic acids is 3. The third-order valence-corrected chi connectivity index (χ3v) is 10.9. The molecule has 0 radical (unpaired) electrons. The van der Waals surface area contributed by atoms with Crippen molar-refractivity contribution in [1.29, 1.82) is 0 Å². The Kier molecular flexibility index (Phi) is 48.5. The van der Waals surface area contributed by atoms with Crippen LogP contribution in [0.15, 0.2) is 85.1 Å². The lowest BCUT2D eigenvalue weighted by atomic mass is 10.0. The highest BCUT2D eigenvalue weighted by Gasteiger charge is 2.19. The molecule has 0 amide bonds. The predicted molar refractivity (Wildman–Crippen MR) is 270 cm³/mol. The van der Waals surface area contributed by atoms with Gasteiger partial charge in [-0.25, -0.2) is 0 Å². The van der Waals surface area contributed by atoms with Crippen LogP contribution in [0, 0.1) is 0 Å². The van der Waals surface area contributed by atoms with Gasteiger partial charge in [0.05, 0.1) is 0 Å². The van der Waals surface area contributed by atoms with E-state index in [1.165, 1.54) is 89.9 Å². The summed E-state index contributed by atoms with van der Waals surface area (Å²) >= 11 is 0. The molecule has 0 saturated heterocycles. The fraction of sp³-hybridized carbons (Fsp3) is 0.702. The van der Waals surface area contributed by atoms with Crippen molar-refractivity contribution < 1.29 is 28.6 Å². The van der Waals surface area contributed by atoms with Crippen LogP contribution < -0.4 is 0 Å². The van der Waals surface area contributed by atoms with Gasteiger partial charge in [-0.3, -0.25) is 14.4 Å². The largest absolute Gasteiger partial charge is 0.462 e. The van der Waals surface area contributed by atoms with Crippen LogP contribution in [0.5, 0.6) is 0 Å². The average molecular weight is 877 g/mol. The Hall–Kier alpha value is -3.41. The molecule has 0 aromatic rings. The van der Waals surface area contributed by atoms with Gasteiger partial charge in [0.2, 0.25) is 0 Å². The van der Waals surface area contributed by atoms with E-state index in [9.17, 15) is 14.4 Å². The van der Waals surface area contributed by atoms with Crippen molar-refractivity contribution in [3.63, 3.8) is 0 Å². The summed E-state index contributed by atoms with van der Waals surface area (Å²) in [5.41, 5.74) is 0. The van der Waals surface area contributed by atoms with E-state index in [1.807, 2.05) is 0 Å². The molecule has 6 heteroatoms.